The minimum absolute atomic E-state index is 0.0850. The van der Waals surface area contributed by atoms with E-state index in [1.54, 1.807) is 0 Å². The van der Waals surface area contributed by atoms with E-state index in [2.05, 4.69) is 21.3 Å². The van der Waals surface area contributed by atoms with Crippen LogP contribution in [-0.2, 0) is 11.2 Å². The summed E-state index contributed by atoms with van der Waals surface area (Å²) in [6.07, 6.45) is 0.806. The minimum atomic E-state index is -0.443. The summed E-state index contributed by atoms with van der Waals surface area (Å²) < 4.78 is 0. The van der Waals surface area contributed by atoms with Crippen LogP contribution in [-0.4, -0.2) is 32.6 Å². The van der Waals surface area contributed by atoms with Gasteiger partial charge in [0.25, 0.3) is 0 Å². The highest BCUT2D eigenvalue weighted by atomic mass is 35.5. The predicted molar refractivity (Wildman–Crippen MR) is 130 cm³/mol. The maximum Gasteiger partial charge on any atom is 0.246 e. The Kier molecular flexibility index (Phi) is 8.91. The zero-order chi connectivity index (χ0) is 21.9. The lowest BCUT2D eigenvalue weighted by Gasteiger charge is -2.19. The summed E-state index contributed by atoms with van der Waals surface area (Å²) >= 11 is 5.96. The zero-order valence-corrected chi connectivity index (χ0v) is 18.5. The molecule has 3 rings (SSSR count). The van der Waals surface area contributed by atoms with Gasteiger partial charge in [-0.25, -0.2) is 0 Å². The van der Waals surface area contributed by atoms with Crippen LogP contribution in [0.1, 0.15) is 17.2 Å². The Bertz CT molecular complexity index is 930. The standard InChI is InChI=1S/C25H29ClN4O/c1-27-17-18-28-22-11-13-23(14-12-22)30-25(31)24(20-5-3-2-4-6-20)29-16-15-19-7-9-21(26)10-8-19/h2-14,24,27-29H,15-18H2,1H3,(H,30,31)/t24-/m0/s1. The molecule has 1 amide bonds. The molecule has 0 radical (unpaired) electrons. The molecule has 0 spiro atoms. The van der Waals surface area contributed by atoms with Crippen LogP contribution in [0, 0.1) is 0 Å². The van der Waals surface area contributed by atoms with Gasteiger partial charge in [0.05, 0.1) is 0 Å². The molecular weight excluding hydrogens is 408 g/mol. The summed E-state index contributed by atoms with van der Waals surface area (Å²) in [5.41, 5.74) is 3.89. The van der Waals surface area contributed by atoms with Crippen LogP contribution in [0.15, 0.2) is 78.9 Å². The average molecular weight is 437 g/mol. The molecule has 0 aliphatic heterocycles. The number of rotatable bonds is 11. The SMILES string of the molecule is CNCCNc1ccc(NC(=O)[C@@H](NCCc2ccc(Cl)cc2)c2ccccc2)cc1. The molecule has 0 aliphatic carbocycles. The summed E-state index contributed by atoms with van der Waals surface area (Å²) in [5.74, 6) is -0.0850. The molecule has 0 bridgehead atoms. The number of nitrogens with one attached hydrogen (secondary N) is 4. The van der Waals surface area contributed by atoms with Gasteiger partial charge < -0.3 is 21.3 Å². The van der Waals surface area contributed by atoms with E-state index in [1.165, 1.54) is 5.56 Å². The van der Waals surface area contributed by atoms with Crippen molar-refractivity contribution in [3.05, 3.63) is 95.0 Å². The van der Waals surface area contributed by atoms with Gasteiger partial charge in [-0.2, -0.15) is 0 Å². The fraction of sp³-hybridized carbons (Fsp3) is 0.240. The van der Waals surface area contributed by atoms with E-state index in [-0.39, 0.29) is 5.91 Å². The molecule has 0 saturated heterocycles. The van der Waals surface area contributed by atoms with E-state index in [0.717, 1.165) is 41.5 Å². The van der Waals surface area contributed by atoms with Gasteiger partial charge >= 0.3 is 0 Å². The summed E-state index contributed by atoms with van der Waals surface area (Å²) in [4.78, 5) is 13.1. The van der Waals surface area contributed by atoms with Gasteiger partial charge in [-0.1, -0.05) is 54.1 Å². The van der Waals surface area contributed by atoms with Gasteiger partial charge in [-0.3, -0.25) is 4.79 Å². The number of carbonyl (C=O) groups is 1. The maximum atomic E-state index is 13.1. The molecule has 4 N–H and O–H groups in total. The quantitative estimate of drug-likeness (QED) is 0.334. The highest BCUT2D eigenvalue weighted by Crippen LogP contribution is 2.18. The van der Waals surface area contributed by atoms with Crippen LogP contribution in [0.5, 0.6) is 0 Å². The molecule has 0 fully saturated rings. The number of likely N-dealkylation sites (N-methyl/N-ethyl adjacent to an activating group) is 1. The second-order valence-corrected chi connectivity index (χ2v) is 7.71. The monoisotopic (exact) mass is 436 g/mol. The predicted octanol–water partition coefficient (Wildman–Crippen LogP) is 4.48. The van der Waals surface area contributed by atoms with Crippen molar-refractivity contribution < 1.29 is 4.79 Å². The van der Waals surface area contributed by atoms with Crippen LogP contribution < -0.4 is 21.3 Å². The third-order valence-electron chi connectivity index (χ3n) is 4.93. The van der Waals surface area contributed by atoms with Crippen molar-refractivity contribution in [1.82, 2.24) is 10.6 Å². The normalized spacial score (nSPS) is 11.7. The third kappa shape index (κ3) is 7.40. The maximum absolute atomic E-state index is 13.1. The van der Waals surface area contributed by atoms with Crippen molar-refractivity contribution in [1.29, 1.82) is 0 Å². The van der Waals surface area contributed by atoms with Gasteiger partial charge in [0, 0.05) is 36.0 Å². The molecule has 1 atom stereocenters. The highest BCUT2D eigenvalue weighted by Gasteiger charge is 2.20. The molecular formula is C25H29ClN4O. The Hall–Kier alpha value is -2.86. The van der Waals surface area contributed by atoms with Crippen molar-refractivity contribution in [2.75, 3.05) is 37.3 Å². The number of benzene rings is 3. The summed E-state index contributed by atoms with van der Waals surface area (Å²) in [6, 6.07) is 24.9. The number of amides is 1. The Morgan fingerprint density at radius 2 is 1.52 bits per heavy atom. The Morgan fingerprint density at radius 3 is 2.19 bits per heavy atom. The molecule has 0 heterocycles. The molecule has 0 saturated carbocycles. The zero-order valence-electron chi connectivity index (χ0n) is 17.7. The van der Waals surface area contributed by atoms with Crippen molar-refractivity contribution in [2.24, 2.45) is 0 Å². The minimum Gasteiger partial charge on any atom is -0.384 e. The van der Waals surface area contributed by atoms with E-state index >= 15 is 0 Å². The summed E-state index contributed by atoms with van der Waals surface area (Å²) in [6.45, 7) is 2.40. The van der Waals surface area contributed by atoms with Crippen molar-refractivity contribution in [3.63, 3.8) is 0 Å². The first kappa shape index (κ1) is 22.8. The molecule has 5 nitrogen and oxygen atoms in total. The molecule has 162 valence electrons. The van der Waals surface area contributed by atoms with Gasteiger partial charge in [0.2, 0.25) is 5.91 Å². The molecule has 3 aromatic rings. The lowest BCUT2D eigenvalue weighted by molar-refractivity contribution is -0.118. The molecule has 3 aromatic carbocycles. The van der Waals surface area contributed by atoms with Gasteiger partial charge in [-0.15, -0.1) is 0 Å². The molecule has 31 heavy (non-hydrogen) atoms. The van der Waals surface area contributed by atoms with Crippen molar-refractivity contribution >= 4 is 28.9 Å². The number of anilines is 2. The van der Waals surface area contributed by atoms with E-state index in [9.17, 15) is 4.79 Å². The Morgan fingerprint density at radius 1 is 0.839 bits per heavy atom. The summed E-state index contributed by atoms with van der Waals surface area (Å²) in [5, 5.41) is 13.6. The average Bonchev–Trinajstić information content (AvgIpc) is 2.80. The van der Waals surface area contributed by atoms with Crippen molar-refractivity contribution in [3.8, 4) is 0 Å². The second kappa shape index (κ2) is 12.1. The van der Waals surface area contributed by atoms with Gasteiger partial charge in [-0.05, 0) is 61.0 Å². The molecule has 6 heteroatoms. The lowest BCUT2D eigenvalue weighted by atomic mass is 10.1. The molecule has 0 unspecified atom stereocenters. The van der Waals surface area contributed by atoms with E-state index < -0.39 is 6.04 Å². The fourth-order valence-corrected chi connectivity index (χ4v) is 3.36. The first-order chi connectivity index (χ1) is 15.2. The topological polar surface area (TPSA) is 65.2 Å². The fourth-order valence-electron chi connectivity index (χ4n) is 3.24. The van der Waals surface area contributed by atoms with E-state index in [0.29, 0.717) is 6.54 Å². The van der Waals surface area contributed by atoms with Crippen LogP contribution in [0.2, 0.25) is 5.02 Å². The van der Waals surface area contributed by atoms with Crippen LogP contribution in [0.25, 0.3) is 0 Å². The Labute approximate surface area is 189 Å². The van der Waals surface area contributed by atoms with Crippen LogP contribution >= 0.6 is 11.6 Å². The third-order valence-corrected chi connectivity index (χ3v) is 5.18. The second-order valence-electron chi connectivity index (χ2n) is 7.27. The van der Waals surface area contributed by atoms with Crippen LogP contribution in [0.4, 0.5) is 11.4 Å². The van der Waals surface area contributed by atoms with E-state index in [1.807, 2.05) is 85.9 Å². The van der Waals surface area contributed by atoms with Crippen LogP contribution in [0.3, 0.4) is 0 Å². The highest BCUT2D eigenvalue weighted by molar-refractivity contribution is 6.30. The molecule has 0 aliphatic rings. The number of carbonyl (C=O) groups excluding carboxylic acids is 1. The van der Waals surface area contributed by atoms with Gasteiger partial charge in [0.15, 0.2) is 0 Å². The number of hydrogen-bond donors (Lipinski definition) is 4. The molecule has 0 aromatic heterocycles. The number of halogens is 1. The van der Waals surface area contributed by atoms with E-state index in [4.69, 9.17) is 11.6 Å². The first-order valence-corrected chi connectivity index (χ1v) is 10.9. The number of hydrogen-bond acceptors (Lipinski definition) is 4. The van der Waals surface area contributed by atoms with Crippen molar-refractivity contribution in [2.45, 2.75) is 12.5 Å². The smallest absolute Gasteiger partial charge is 0.246 e. The van der Waals surface area contributed by atoms with Gasteiger partial charge in [0.1, 0.15) is 6.04 Å². The first-order valence-electron chi connectivity index (χ1n) is 10.5. The summed E-state index contributed by atoms with van der Waals surface area (Å²) in [7, 11) is 1.92. The Balaban J connectivity index is 1.61. The lowest BCUT2D eigenvalue weighted by Crippen LogP contribution is -2.34. The largest absolute Gasteiger partial charge is 0.384 e.